The minimum absolute atomic E-state index is 0.387. The van der Waals surface area contributed by atoms with Gasteiger partial charge in [-0.2, -0.15) is 0 Å². The zero-order chi connectivity index (χ0) is 14.4. The van der Waals surface area contributed by atoms with Gasteiger partial charge in [0, 0.05) is 39.2 Å². The average Bonchev–Trinajstić information content (AvgIpc) is 2.46. The Bertz CT molecular complexity index is 573. The number of pyridine rings is 1. The summed E-state index contributed by atoms with van der Waals surface area (Å²) in [4.78, 5) is 12.8. The third-order valence-electron chi connectivity index (χ3n) is 2.90. The number of hydrogen-bond donors (Lipinski definition) is 2. The highest BCUT2D eigenvalue weighted by Gasteiger charge is 2.04. The van der Waals surface area contributed by atoms with Crippen molar-refractivity contribution >= 4 is 11.6 Å². The molecule has 2 aromatic rings. The number of rotatable bonds is 6. The molecule has 0 saturated heterocycles. The number of aromatic nitrogens is 3. The van der Waals surface area contributed by atoms with Crippen LogP contribution in [-0.2, 0) is 17.9 Å². The summed E-state index contributed by atoms with van der Waals surface area (Å²) in [6.45, 7) is 3.12. The number of nitrogens with one attached hydrogen (secondary N) is 2. The summed E-state index contributed by atoms with van der Waals surface area (Å²) in [5.74, 6) is 2.18. The van der Waals surface area contributed by atoms with Crippen LogP contribution in [0.4, 0.5) is 11.6 Å². The monoisotopic (exact) mass is 273 g/mol. The van der Waals surface area contributed by atoms with Gasteiger partial charge < -0.3 is 15.4 Å². The van der Waals surface area contributed by atoms with Crippen molar-refractivity contribution in [2.75, 3.05) is 24.8 Å². The number of methoxy groups -OCH3 is 1. The number of hydrogen-bond acceptors (Lipinski definition) is 6. The fraction of sp³-hybridized carbons (Fsp3) is 0.357. The molecule has 20 heavy (non-hydrogen) atoms. The lowest BCUT2D eigenvalue weighted by Crippen LogP contribution is -2.08. The van der Waals surface area contributed by atoms with E-state index in [1.54, 1.807) is 13.3 Å². The maximum Gasteiger partial charge on any atom is 0.158 e. The van der Waals surface area contributed by atoms with Gasteiger partial charge in [0.1, 0.15) is 18.2 Å². The molecule has 0 aromatic carbocycles. The first-order valence-electron chi connectivity index (χ1n) is 6.41. The smallest absolute Gasteiger partial charge is 0.158 e. The molecule has 0 amide bonds. The lowest BCUT2D eigenvalue weighted by molar-refractivity contribution is 0.178. The van der Waals surface area contributed by atoms with Crippen LogP contribution < -0.4 is 10.6 Å². The third-order valence-corrected chi connectivity index (χ3v) is 2.90. The Hall–Kier alpha value is -2.21. The lowest BCUT2D eigenvalue weighted by Gasteiger charge is -2.10. The molecule has 2 aromatic heterocycles. The largest absolute Gasteiger partial charge is 0.377 e. The molecule has 0 aliphatic carbocycles. The van der Waals surface area contributed by atoms with Crippen LogP contribution in [-0.4, -0.2) is 29.1 Å². The normalized spacial score (nSPS) is 10.3. The number of nitrogens with zero attached hydrogens (tertiary/aromatic N) is 3. The second-order valence-corrected chi connectivity index (χ2v) is 4.39. The van der Waals surface area contributed by atoms with Crippen LogP contribution >= 0.6 is 0 Å². The van der Waals surface area contributed by atoms with Gasteiger partial charge in [0.25, 0.3) is 0 Å². The fourth-order valence-electron chi connectivity index (χ4n) is 1.80. The first kappa shape index (κ1) is 14.2. The van der Waals surface area contributed by atoms with Crippen LogP contribution in [0.25, 0.3) is 0 Å². The van der Waals surface area contributed by atoms with Crippen molar-refractivity contribution in [2.24, 2.45) is 0 Å². The van der Waals surface area contributed by atoms with Gasteiger partial charge in [-0.05, 0) is 24.1 Å². The van der Waals surface area contributed by atoms with Crippen molar-refractivity contribution in [3.63, 3.8) is 0 Å². The van der Waals surface area contributed by atoms with Crippen LogP contribution in [0.1, 0.15) is 17.0 Å². The van der Waals surface area contributed by atoms with Gasteiger partial charge in [0.15, 0.2) is 5.82 Å². The summed E-state index contributed by atoms with van der Waals surface area (Å²) in [6.07, 6.45) is 3.64. The number of anilines is 2. The van der Waals surface area contributed by atoms with Crippen molar-refractivity contribution in [1.29, 1.82) is 0 Å². The standard InChI is InChI=1S/C14H19N5O/c1-10-7-16-5-4-11(10)8-17-13-6-12(15-2)18-14(19-13)9-20-3/h4-7H,8-9H2,1-3H3,(H2,15,17,18,19). The molecular formula is C14H19N5O. The molecule has 0 radical (unpaired) electrons. The Morgan fingerprint density at radius 2 is 2.05 bits per heavy atom. The summed E-state index contributed by atoms with van der Waals surface area (Å²) in [7, 11) is 3.46. The van der Waals surface area contributed by atoms with Crippen LogP contribution in [0.15, 0.2) is 24.5 Å². The van der Waals surface area contributed by atoms with Crippen LogP contribution in [0, 0.1) is 6.92 Å². The van der Waals surface area contributed by atoms with E-state index >= 15 is 0 Å². The zero-order valence-corrected chi connectivity index (χ0v) is 12.0. The van der Waals surface area contributed by atoms with Gasteiger partial charge in [0.05, 0.1) is 0 Å². The molecule has 0 unspecified atom stereocenters. The summed E-state index contributed by atoms with van der Waals surface area (Å²) in [5, 5.41) is 6.32. The van der Waals surface area contributed by atoms with E-state index in [0.717, 1.165) is 17.2 Å². The van der Waals surface area contributed by atoms with E-state index in [0.29, 0.717) is 19.0 Å². The molecule has 0 aliphatic rings. The summed E-state index contributed by atoms with van der Waals surface area (Å²) < 4.78 is 5.08. The second kappa shape index (κ2) is 6.81. The molecule has 2 N–H and O–H groups in total. The van der Waals surface area contributed by atoms with Gasteiger partial charge in [-0.3, -0.25) is 4.98 Å². The predicted octanol–water partition coefficient (Wildman–Crippen LogP) is 1.98. The topological polar surface area (TPSA) is 72.0 Å². The third kappa shape index (κ3) is 3.64. The van der Waals surface area contributed by atoms with Gasteiger partial charge >= 0.3 is 0 Å². The van der Waals surface area contributed by atoms with Crippen molar-refractivity contribution < 1.29 is 4.74 Å². The predicted molar refractivity (Wildman–Crippen MR) is 78.6 cm³/mol. The van der Waals surface area contributed by atoms with Gasteiger partial charge in [-0.25, -0.2) is 9.97 Å². The molecule has 0 bridgehead atoms. The SMILES string of the molecule is CNc1cc(NCc2ccncc2C)nc(COC)n1. The first-order chi connectivity index (χ1) is 9.72. The van der Waals surface area contributed by atoms with Crippen molar-refractivity contribution in [3.05, 3.63) is 41.5 Å². The minimum atomic E-state index is 0.387. The molecule has 0 saturated carbocycles. The summed E-state index contributed by atoms with van der Waals surface area (Å²) >= 11 is 0. The summed E-state index contributed by atoms with van der Waals surface area (Å²) in [6, 6.07) is 3.87. The number of ether oxygens (including phenoxy) is 1. The molecule has 6 nitrogen and oxygen atoms in total. The van der Waals surface area contributed by atoms with E-state index < -0.39 is 0 Å². The molecule has 2 rings (SSSR count). The van der Waals surface area contributed by atoms with Crippen molar-refractivity contribution in [3.8, 4) is 0 Å². The van der Waals surface area contributed by atoms with Crippen LogP contribution in [0.2, 0.25) is 0 Å². The van der Waals surface area contributed by atoms with E-state index in [9.17, 15) is 0 Å². The van der Waals surface area contributed by atoms with E-state index in [1.807, 2.05) is 32.3 Å². The van der Waals surface area contributed by atoms with Crippen molar-refractivity contribution in [2.45, 2.75) is 20.1 Å². The Balaban J connectivity index is 2.12. The second-order valence-electron chi connectivity index (χ2n) is 4.39. The molecule has 106 valence electrons. The van der Waals surface area contributed by atoms with Crippen LogP contribution in [0.5, 0.6) is 0 Å². The highest BCUT2D eigenvalue weighted by atomic mass is 16.5. The zero-order valence-electron chi connectivity index (χ0n) is 12.0. The Morgan fingerprint density at radius 1 is 1.25 bits per heavy atom. The van der Waals surface area contributed by atoms with Gasteiger partial charge in [0.2, 0.25) is 0 Å². The lowest BCUT2D eigenvalue weighted by atomic mass is 10.1. The van der Waals surface area contributed by atoms with E-state index in [4.69, 9.17) is 4.74 Å². The Morgan fingerprint density at radius 3 is 2.75 bits per heavy atom. The Kier molecular flexibility index (Phi) is 4.84. The molecule has 0 aliphatic heterocycles. The molecule has 2 heterocycles. The quantitative estimate of drug-likeness (QED) is 0.838. The number of aryl methyl sites for hydroxylation is 1. The molecule has 0 fully saturated rings. The fourth-order valence-corrected chi connectivity index (χ4v) is 1.80. The van der Waals surface area contributed by atoms with Gasteiger partial charge in [-0.1, -0.05) is 0 Å². The van der Waals surface area contributed by atoms with E-state index in [1.165, 1.54) is 5.56 Å². The Labute approximate surface area is 118 Å². The summed E-state index contributed by atoms with van der Waals surface area (Å²) in [5.41, 5.74) is 2.35. The maximum absolute atomic E-state index is 5.08. The molecule has 0 spiro atoms. The van der Waals surface area contributed by atoms with Crippen molar-refractivity contribution in [1.82, 2.24) is 15.0 Å². The van der Waals surface area contributed by atoms with E-state index in [-0.39, 0.29) is 0 Å². The molecular weight excluding hydrogens is 254 g/mol. The highest BCUT2D eigenvalue weighted by molar-refractivity contribution is 5.47. The van der Waals surface area contributed by atoms with Gasteiger partial charge in [-0.15, -0.1) is 0 Å². The highest BCUT2D eigenvalue weighted by Crippen LogP contribution is 2.13. The van der Waals surface area contributed by atoms with E-state index in [2.05, 4.69) is 25.6 Å². The first-order valence-corrected chi connectivity index (χ1v) is 6.41. The molecule has 6 heteroatoms. The van der Waals surface area contributed by atoms with Crippen LogP contribution in [0.3, 0.4) is 0 Å². The minimum Gasteiger partial charge on any atom is -0.377 e. The maximum atomic E-state index is 5.08. The molecule has 0 atom stereocenters. The average molecular weight is 273 g/mol.